The Morgan fingerprint density at radius 2 is 1.82 bits per heavy atom. The first-order valence-electron chi connectivity index (χ1n) is 4.65. The van der Waals surface area contributed by atoms with Crippen LogP contribution in [0.4, 0.5) is 0 Å². The van der Waals surface area contributed by atoms with Crippen molar-refractivity contribution < 1.29 is 0 Å². The maximum absolute atomic E-state index is 5.44. The summed E-state index contributed by atoms with van der Waals surface area (Å²) in [5.41, 5.74) is 0.451. The van der Waals surface area contributed by atoms with Gasteiger partial charge in [-0.05, 0) is 18.3 Å². The van der Waals surface area contributed by atoms with Gasteiger partial charge in [-0.2, -0.15) is 0 Å². The molecule has 0 aromatic heterocycles. The molecule has 0 heteroatoms. The van der Waals surface area contributed by atoms with Crippen molar-refractivity contribution in [2.45, 2.75) is 46.0 Å². The van der Waals surface area contributed by atoms with E-state index >= 15 is 0 Å². The van der Waals surface area contributed by atoms with Crippen LogP contribution in [-0.4, -0.2) is 0 Å². The van der Waals surface area contributed by atoms with Crippen LogP contribution in [0.1, 0.15) is 46.0 Å². The summed E-state index contributed by atoms with van der Waals surface area (Å²) in [5.74, 6) is 3.34. The molecule has 1 rings (SSSR count). The van der Waals surface area contributed by atoms with E-state index in [1.54, 1.807) is 0 Å². The molecular weight excluding hydrogens is 132 g/mol. The van der Waals surface area contributed by atoms with Crippen molar-refractivity contribution >= 4 is 0 Å². The van der Waals surface area contributed by atoms with Gasteiger partial charge in [0.1, 0.15) is 0 Å². The average Bonchev–Trinajstić information content (AvgIpc) is 2.04. The van der Waals surface area contributed by atoms with Crippen molar-refractivity contribution in [2.24, 2.45) is 11.3 Å². The van der Waals surface area contributed by atoms with Crippen LogP contribution in [0.15, 0.2) is 0 Å². The molecule has 0 radical (unpaired) electrons. The maximum Gasteiger partial charge on any atom is 0.0225 e. The zero-order valence-corrected chi connectivity index (χ0v) is 7.69. The van der Waals surface area contributed by atoms with Crippen LogP contribution < -0.4 is 0 Å². The summed E-state index contributed by atoms with van der Waals surface area (Å²) in [6.45, 7) is 4.53. The summed E-state index contributed by atoms with van der Waals surface area (Å²) in [7, 11) is 0. The van der Waals surface area contributed by atoms with Gasteiger partial charge in [-0.15, -0.1) is 12.3 Å². The Morgan fingerprint density at radius 1 is 1.27 bits per heavy atom. The van der Waals surface area contributed by atoms with Gasteiger partial charge in [-0.3, -0.25) is 0 Å². The molecule has 0 N–H and O–H groups in total. The molecule has 0 heterocycles. The molecule has 1 aliphatic carbocycles. The predicted molar refractivity (Wildman–Crippen MR) is 49.2 cm³/mol. The Kier molecular flexibility index (Phi) is 2.60. The standard InChI is InChI=1S/C11H18/c1-4-10(2)11(3)8-6-5-7-9-11/h1,10H,5-9H2,2-3H3. The number of rotatable bonds is 1. The lowest BCUT2D eigenvalue weighted by Crippen LogP contribution is -2.26. The third-order valence-corrected chi connectivity index (χ3v) is 3.29. The van der Waals surface area contributed by atoms with Gasteiger partial charge >= 0.3 is 0 Å². The minimum absolute atomic E-state index is 0.451. The summed E-state index contributed by atoms with van der Waals surface area (Å²) in [4.78, 5) is 0. The minimum Gasteiger partial charge on any atom is -0.120 e. The third-order valence-electron chi connectivity index (χ3n) is 3.29. The number of terminal acetylenes is 1. The van der Waals surface area contributed by atoms with E-state index in [0.717, 1.165) is 0 Å². The van der Waals surface area contributed by atoms with Crippen molar-refractivity contribution in [2.75, 3.05) is 0 Å². The van der Waals surface area contributed by atoms with Crippen LogP contribution in [0.2, 0.25) is 0 Å². The Balaban J connectivity index is 2.57. The molecule has 11 heavy (non-hydrogen) atoms. The Bertz CT molecular complexity index is 155. The SMILES string of the molecule is C#CC(C)C1(C)CCCCC1. The van der Waals surface area contributed by atoms with Crippen LogP contribution >= 0.6 is 0 Å². The zero-order chi connectivity index (χ0) is 8.32. The molecule has 1 atom stereocenters. The number of hydrogen-bond acceptors (Lipinski definition) is 0. The second-order valence-corrected chi connectivity index (χ2v) is 4.10. The van der Waals surface area contributed by atoms with E-state index in [9.17, 15) is 0 Å². The molecule has 0 nitrogen and oxygen atoms in total. The van der Waals surface area contributed by atoms with E-state index in [-0.39, 0.29) is 0 Å². The highest BCUT2D eigenvalue weighted by atomic mass is 14.3. The van der Waals surface area contributed by atoms with Gasteiger partial charge in [0, 0.05) is 5.92 Å². The third kappa shape index (κ3) is 1.77. The number of hydrogen-bond donors (Lipinski definition) is 0. The van der Waals surface area contributed by atoms with Gasteiger partial charge in [0.15, 0.2) is 0 Å². The van der Waals surface area contributed by atoms with E-state index in [2.05, 4.69) is 19.8 Å². The van der Waals surface area contributed by atoms with Gasteiger partial charge in [0.25, 0.3) is 0 Å². The maximum atomic E-state index is 5.44. The second-order valence-electron chi connectivity index (χ2n) is 4.10. The highest BCUT2D eigenvalue weighted by Gasteiger charge is 2.31. The lowest BCUT2D eigenvalue weighted by Gasteiger charge is -2.36. The predicted octanol–water partition coefficient (Wildman–Crippen LogP) is 3.23. The molecule has 1 unspecified atom stereocenters. The fraction of sp³-hybridized carbons (Fsp3) is 0.818. The van der Waals surface area contributed by atoms with Crippen LogP contribution in [-0.2, 0) is 0 Å². The molecule has 0 spiro atoms. The lowest BCUT2D eigenvalue weighted by atomic mass is 9.68. The van der Waals surface area contributed by atoms with E-state index in [4.69, 9.17) is 6.42 Å². The second kappa shape index (κ2) is 3.30. The topological polar surface area (TPSA) is 0 Å². The average molecular weight is 150 g/mol. The highest BCUT2D eigenvalue weighted by molar-refractivity contribution is 5.00. The summed E-state index contributed by atoms with van der Waals surface area (Å²) in [6, 6.07) is 0. The van der Waals surface area contributed by atoms with E-state index in [1.807, 2.05) is 0 Å². The summed E-state index contributed by atoms with van der Waals surface area (Å²) < 4.78 is 0. The van der Waals surface area contributed by atoms with Gasteiger partial charge in [-0.1, -0.05) is 33.1 Å². The monoisotopic (exact) mass is 150 g/mol. The Labute approximate surface area is 70.4 Å². The molecule has 0 aromatic carbocycles. The molecule has 0 aromatic rings. The first-order valence-corrected chi connectivity index (χ1v) is 4.65. The molecule has 0 bridgehead atoms. The van der Waals surface area contributed by atoms with Crippen molar-refractivity contribution in [3.05, 3.63) is 0 Å². The van der Waals surface area contributed by atoms with Crippen molar-refractivity contribution in [1.82, 2.24) is 0 Å². The zero-order valence-electron chi connectivity index (χ0n) is 7.69. The molecule has 1 fully saturated rings. The molecule has 1 saturated carbocycles. The fourth-order valence-electron chi connectivity index (χ4n) is 1.99. The van der Waals surface area contributed by atoms with Gasteiger partial charge in [0.05, 0.1) is 0 Å². The van der Waals surface area contributed by atoms with Crippen molar-refractivity contribution in [3.63, 3.8) is 0 Å². The van der Waals surface area contributed by atoms with Crippen LogP contribution in [0.3, 0.4) is 0 Å². The largest absolute Gasteiger partial charge is 0.120 e. The first kappa shape index (κ1) is 8.65. The van der Waals surface area contributed by atoms with Crippen LogP contribution in [0.5, 0.6) is 0 Å². The van der Waals surface area contributed by atoms with E-state index in [0.29, 0.717) is 11.3 Å². The quantitative estimate of drug-likeness (QED) is 0.503. The molecule has 0 saturated heterocycles. The normalized spacial score (nSPS) is 25.5. The Hall–Kier alpha value is -0.440. The van der Waals surface area contributed by atoms with Crippen LogP contribution in [0.25, 0.3) is 0 Å². The fourth-order valence-corrected chi connectivity index (χ4v) is 1.99. The lowest BCUT2D eigenvalue weighted by molar-refractivity contribution is 0.166. The van der Waals surface area contributed by atoms with E-state index in [1.165, 1.54) is 32.1 Å². The Morgan fingerprint density at radius 3 is 2.27 bits per heavy atom. The van der Waals surface area contributed by atoms with Gasteiger partial charge in [-0.25, -0.2) is 0 Å². The highest BCUT2D eigenvalue weighted by Crippen LogP contribution is 2.41. The molecule has 0 amide bonds. The van der Waals surface area contributed by atoms with Crippen molar-refractivity contribution in [3.8, 4) is 12.3 Å². The van der Waals surface area contributed by atoms with Crippen LogP contribution in [0, 0.1) is 23.7 Å². The first-order chi connectivity index (χ1) is 5.19. The molecule has 1 aliphatic rings. The molecule has 0 aliphatic heterocycles. The smallest absolute Gasteiger partial charge is 0.0225 e. The minimum atomic E-state index is 0.451. The summed E-state index contributed by atoms with van der Waals surface area (Å²) >= 11 is 0. The summed E-state index contributed by atoms with van der Waals surface area (Å²) in [5, 5.41) is 0. The molecular formula is C11H18. The molecule has 62 valence electrons. The van der Waals surface area contributed by atoms with Gasteiger partial charge in [0.2, 0.25) is 0 Å². The van der Waals surface area contributed by atoms with Crippen molar-refractivity contribution in [1.29, 1.82) is 0 Å². The van der Waals surface area contributed by atoms with E-state index < -0.39 is 0 Å². The summed E-state index contributed by atoms with van der Waals surface area (Å²) in [6.07, 6.45) is 12.3. The van der Waals surface area contributed by atoms with Gasteiger partial charge < -0.3 is 0 Å².